The molecule has 0 aliphatic heterocycles. The molecule has 0 aromatic heterocycles. The monoisotopic (exact) mass is 290 g/mol. The number of ketones is 1. The minimum atomic E-state index is -4.64. The number of Topliss-reactive ketones (excluding diaryl/α,β-unsaturated/α-hetero) is 1. The fourth-order valence-electron chi connectivity index (χ4n) is 1.05. The van der Waals surface area contributed by atoms with E-state index in [9.17, 15) is 18.0 Å². The van der Waals surface area contributed by atoms with Gasteiger partial charge in [-0.1, -0.05) is 23.2 Å². The Balaban J connectivity index is 3.39. The van der Waals surface area contributed by atoms with Gasteiger partial charge in [-0.3, -0.25) is 4.79 Å². The van der Waals surface area contributed by atoms with E-state index in [1.54, 1.807) is 0 Å². The number of rotatable bonds is 2. The lowest BCUT2D eigenvalue weighted by Gasteiger charge is -2.11. The molecule has 0 bridgehead atoms. The largest absolute Gasteiger partial charge is 0.417 e. The summed E-state index contributed by atoms with van der Waals surface area (Å²) in [4.78, 5) is 11.2. The van der Waals surface area contributed by atoms with E-state index >= 15 is 0 Å². The number of hydrogen-bond donors (Lipinski definition) is 0. The SMILES string of the molecule is O=C(CCl)c1cc(C(F)(F)F)c(Cl)cc1Cl. The number of halogens is 6. The average molecular weight is 291 g/mol. The highest BCUT2D eigenvalue weighted by Gasteiger charge is 2.34. The van der Waals surface area contributed by atoms with Crippen LogP contribution in [0.2, 0.25) is 10.0 Å². The lowest BCUT2D eigenvalue weighted by Crippen LogP contribution is -2.09. The Morgan fingerprint density at radius 3 is 2.19 bits per heavy atom. The molecule has 0 amide bonds. The molecule has 16 heavy (non-hydrogen) atoms. The van der Waals surface area contributed by atoms with Crippen LogP contribution in [-0.2, 0) is 6.18 Å². The lowest BCUT2D eigenvalue weighted by atomic mass is 10.1. The van der Waals surface area contributed by atoms with Crippen molar-refractivity contribution in [2.24, 2.45) is 0 Å². The van der Waals surface area contributed by atoms with Crippen molar-refractivity contribution in [3.05, 3.63) is 33.3 Å². The van der Waals surface area contributed by atoms with E-state index in [-0.39, 0.29) is 10.6 Å². The Labute approximate surface area is 104 Å². The molecule has 0 unspecified atom stereocenters. The van der Waals surface area contributed by atoms with Crippen molar-refractivity contribution in [2.45, 2.75) is 6.18 Å². The van der Waals surface area contributed by atoms with Crippen molar-refractivity contribution in [3.63, 3.8) is 0 Å². The van der Waals surface area contributed by atoms with Crippen LogP contribution in [0.3, 0.4) is 0 Å². The van der Waals surface area contributed by atoms with Gasteiger partial charge in [-0.2, -0.15) is 13.2 Å². The van der Waals surface area contributed by atoms with Crippen LogP contribution in [0.4, 0.5) is 13.2 Å². The molecule has 0 saturated heterocycles. The Morgan fingerprint density at radius 1 is 1.19 bits per heavy atom. The van der Waals surface area contributed by atoms with E-state index in [4.69, 9.17) is 34.8 Å². The predicted molar refractivity (Wildman–Crippen MR) is 56.5 cm³/mol. The Kier molecular flexibility index (Phi) is 4.10. The van der Waals surface area contributed by atoms with Crippen molar-refractivity contribution in [1.29, 1.82) is 0 Å². The van der Waals surface area contributed by atoms with E-state index in [1.165, 1.54) is 0 Å². The molecule has 0 saturated carbocycles. The summed E-state index contributed by atoms with van der Waals surface area (Å²) in [6.45, 7) is 0. The summed E-state index contributed by atoms with van der Waals surface area (Å²) in [6.07, 6.45) is -4.64. The van der Waals surface area contributed by atoms with Crippen LogP contribution in [0.5, 0.6) is 0 Å². The normalized spacial score (nSPS) is 11.6. The van der Waals surface area contributed by atoms with Crippen molar-refractivity contribution in [1.82, 2.24) is 0 Å². The molecular formula is C9H4Cl3F3O. The van der Waals surface area contributed by atoms with Crippen LogP contribution in [-0.4, -0.2) is 11.7 Å². The molecule has 0 fully saturated rings. The Morgan fingerprint density at radius 2 is 1.75 bits per heavy atom. The maximum absolute atomic E-state index is 12.5. The molecule has 1 rings (SSSR count). The van der Waals surface area contributed by atoms with Crippen molar-refractivity contribution in [2.75, 3.05) is 5.88 Å². The molecule has 0 aliphatic rings. The van der Waals surface area contributed by atoms with Gasteiger partial charge in [0.25, 0.3) is 0 Å². The van der Waals surface area contributed by atoms with Crippen LogP contribution >= 0.6 is 34.8 Å². The second-order valence-corrected chi connectivity index (χ2v) is 3.95. The van der Waals surface area contributed by atoms with Gasteiger partial charge in [0.1, 0.15) is 0 Å². The highest BCUT2D eigenvalue weighted by atomic mass is 35.5. The number of carbonyl (C=O) groups excluding carboxylic acids is 1. The fourth-order valence-corrected chi connectivity index (χ4v) is 1.79. The zero-order valence-corrected chi connectivity index (χ0v) is 9.81. The highest BCUT2D eigenvalue weighted by Crippen LogP contribution is 2.37. The van der Waals surface area contributed by atoms with Crippen molar-refractivity contribution in [3.8, 4) is 0 Å². The first-order valence-corrected chi connectivity index (χ1v) is 5.22. The minimum Gasteiger partial charge on any atom is -0.293 e. The van der Waals surface area contributed by atoms with Gasteiger partial charge in [-0.15, -0.1) is 11.6 Å². The zero-order chi connectivity index (χ0) is 12.5. The van der Waals surface area contributed by atoms with Crippen LogP contribution in [0.1, 0.15) is 15.9 Å². The van der Waals surface area contributed by atoms with Gasteiger partial charge in [0, 0.05) is 5.56 Å². The van der Waals surface area contributed by atoms with Crippen LogP contribution in [0.25, 0.3) is 0 Å². The second-order valence-electron chi connectivity index (χ2n) is 2.87. The third-order valence-electron chi connectivity index (χ3n) is 1.78. The van der Waals surface area contributed by atoms with Crippen molar-refractivity contribution < 1.29 is 18.0 Å². The Hall–Kier alpha value is -0.450. The van der Waals surface area contributed by atoms with E-state index in [0.29, 0.717) is 6.07 Å². The summed E-state index contributed by atoms with van der Waals surface area (Å²) in [5.41, 5.74) is -1.39. The fraction of sp³-hybridized carbons (Fsp3) is 0.222. The van der Waals surface area contributed by atoms with Crippen molar-refractivity contribution >= 4 is 40.6 Å². The molecule has 1 aromatic rings. The summed E-state index contributed by atoms with van der Waals surface area (Å²) in [5, 5.41) is -0.702. The maximum Gasteiger partial charge on any atom is 0.417 e. The van der Waals surface area contributed by atoms with Crippen LogP contribution in [0.15, 0.2) is 12.1 Å². The second kappa shape index (κ2) is 4.82. The van der Waals surface area contributed by atoms with Gasteiger partial charge >= 0.3 is 6.18 Å². The average Bonchev–Trinajstić information content (AvgIpc) is 2.14. The molecular weight excluding hydrogens is 287 g/mol. The van der Waals surface area contributed by atoms with E-state index in [0.717, 1.165) is 6.07 Å². The first kappa shape index (κ1) is 13.6. The minimum absolute atomic E-state index is 0.149. The standard InChI is InChI=1S/C9H4Cl3F3O/c10-3-8(16)4-1-5(9(13,14)15)7(12)2-6(4)11/h1-2H,3H2. The van der Waals surface area contributed by atoms with Crippen LogP contribution < -0.4 is 0 Å². The lowest BCUT2D eigenvalue weighted by molar-refractivity contribution is -0.137. The first-order chi connectivity index (χ1) is 7.27. The van der Waals surface area contributed by atoms with E-state index in [2.05, 4.69) is 0 Å². The molecule has 0 radical (unpaired) electrons. The zero-order valence-electron chi connectivity index (χ0n) is 7.54. The van der Waals surface area contributed by atoms with Gasteiger partial charge in [-0.25, -0.2) is 0 Å². The van der Waals surface area contributed by atoms with Gasteiger partial charge < -0.3 is 0 Å². The molecule has 0 aliphatic carbocycles. The Bertz CT molecular complexity index is 429. The van der Waals surface area contributed by atoms with Gasteiger partial charge in [0.05, 0.1) is 21.5 Å². The molecule has 0 N–H and O–H groups in total. The molecule has 1 nitrogen and oxygen atoms in total. The third-order valence-corrected chi connectivity index (χ3v) is 2.65. The number of benzene rings is 1. The summed E-state index contributed by atoms with van der Waals surface area (Å²) in [6, 6.07) is 1.49. The van der Waals surface area contributed by atoms with E-state index < -0.39 is 28.4 Å². The van der Waals surface area contributed by atoms with Gasteiger partial charge in [-0.05, 0) is 12.1 Å². The van der Waals surface area contributed by atoms with Crippen LogP contribution in [0, 0.1) is 0 Å². The van der Waals surface area contributed by atoms with E-state index in [1.807, 2.05) is 0 Å². The summed E-state index contributed by atoms with van der Waals surface area (Å²) < 4.78 is 37.4. The molecule has 88 valence electrons. The topological polar surface area (TPSA) is 17.1 Å². The number of hydrogen-bond acceptors (Lipinski definition) is 1. The van der Waals surface area contributed by atoms with Gasteiger partial charge in [0.2, 0.25) is 0 Å². The number of alkyl halides is 4. The quantitative estimate of drug-likeness (QED) is 0.582. The summed E-state index contributed by atoms with van der Waals surface area (Å²) >= 11 is 16.2. The summed E-state index contributed by atoms with van der Waals surface area (Å²) in [7, 11) is 0. The molecule has 0 spiro atoms. The number of carbonyl (C=O) groups is 1. The predicted octanol–water partition coefficient (Wildman–Crippen LogP) is 4.43. The first-order valence-electron chi connectivity index (χ1n) is 3.92. The third kappa shape index (κ3) is 2.81. The molecule has 0 heterocycles. The molecule has 0 atom stereocenters. The smallest absolute Gasteiger partial charge is 0.293 e. The summed E-state index contributed by atoms with van der Waals surface area (Å²) in [5.74, 6) is -1.13. The molecule has 1 aromatic carbocycles. The maximum atomic E-state index is 12.5. The highest BCUT2D eigenvalue weighted by molar-refractivity contribution is 6.39. The van der Waals surface area contributed by atoms with Gasteiger partial charge in [0.15, 0.2) is 5.78 Å². The molecule has 7 heteroatoms.